The van der Waals surface area contributed by atoms with E-state index in [0.29, 0.717) is 12.5 Å². The molecule has 0 bridgehead atoms. The van der Waals surface area contributed by atoms with Gasteiger partial charge in [0.25, 0.3) is 0 Å². The van der Waals surface area contributed by atoms with Crippen LogP contribution in [0.25, 0.3) is 0 Å². The number of rotatable bonds is 5. The van der Waals surface area contributed by atoms with Crippen molar-refractivity contribution in [2.45, 2.75) is 59.5 Å². The Hall–Kier alpha value is -1.59. The monoisotopic (exact) mass is 294 g/mol. The van der Waals surface area contributed by atoms with Crippen molar-refractivity contribution in [1.82, 2.24) is 15.0 Å². The third-order valence-corrected chi connectivity index (χ3v) is 3.67. The molecule has 0 saturated heterocycles. The highest BCUT2D eigenvalue weighted by Gasteiger charge is 2.33. The maximum absolute atomic E-state index is 5.94. The number of nitrogen functional groups attached to an aromatic ring is 1. The molecule has 2 N–H and O–H groups in total. The van der Waals surface area contributed by atoms with Crippen LogP contribution in [0.4, 0.5) is 5.95 Å². The van der Waals surface area contributed by atoms with Crippen molar-refractivity contribution in [1.29, 1.82) is 0 Å². The lowest BCUT2D eigenvalue weighted by Crippen LogP contribution is -2.34. The third-order valence-electron chi connectivity index (χ3n) is 3.67. The second-order valence-electron chi connectivity index (χ2n) is 6.76. The van der Waals surface area contributed by atoms with E-state index in [0.717, 1.165) is 19.3 Å². The van der Waals surface area contributed by atoms with E-state index in [1.807, 2.05) is 6.92 Å². The van der Waals surface area contributed by atoms with E-state index in [-0.39, 0.29) is 29.5 Å². The molecule has 1 saturated carbocycles. The minimum Gasteiger partial charge on any atom is -0.463 e. The average Bonchev–Trinajstić information content (AvgIpc) is 2.33. The summed E-state index contributed by atoms with van der Waals surface area (Å²) in [4.78, 5) is 12.2. The Bertz CT molecular complexity index is 479. The third kappa shape index (κ3) is 4.72. The van der Waals surface area contributed by atoms with Crippen molar-refractivity contribution in [3.8, 4) is 12.0 Å². The van der Waals surface area contributed by atoms with E-state index in [1.165, 1.54) is 6.42 Å². The summed E-state index contributed by atoms with van der Waals surface area (Å²) in [7, 11) is 0. The standard InChI is InChI=1S/C15H26N4O2/c1-5-6-20-13-17-12(16)18-14(19-13)21-11-7-10(2)8-15(3,4)9-11/h10-11H,5-9H2,1-4H3,(H2,16,17,18,19). The number of hydrogen-bond acceptors (Lipinski definition) is 6. The van der Waals surface area contributed by atoms with Crippen molar-refractivity contribution in [2.75, 3.05) is 12.3 Å². The van der Waals surface area contributed by atoms with E-state index in [4.69, 9.17) is 15.2 Å². The highest BCUT2D eigenvalue weighted by molar-refractivity contribution is 5.20. The molecule has 1 aliphatic carbocycles. The Kier molecular flexibility index (Phi) is 4.85. The van der Waals surface area contributed by atoms with Gasteiger partial charge < -0.3 is 15.2 Å². The van der Waals surface area contributed by atoms with E-state index in [9.17, 15) is 0 Å². The first-order valence-corrected chi connectivity index (χ1v) is 7.69. The number of ether oxygens (including phenoxy) is 2. The maximum atomic E-state index is 5.94. The minimum atomic E-state index is 0.115. The second-order valence-corrected chi connectivity index (χ2v) is 6.76. The maximum Gasteiger partial charge on any atom is 0.324 e. The molecule has 1 aromatic rings. The molecule has 21 heavy (non-hydrogen) atoms. The van der Waals surface area contributed by atoms with Crippen LogP contribution in [0.2, 0.25) is 0 Å². The smallest absolute Gasteiger partial charge is 0.324 e. The fourth-order valence-corrected chi connectivity index (χ4v) is 3.16. The SMILES string of the molecule is CCCOc1nc(N)nc(OC2CC(C)CC(C)(C)C2)n1. The Morgan fingerprint density at radius 1 is 1.19 bits per heavy atom. The first-order valence-electron chi connectivity index (χ1n) is 7.69. The molecule has 2 unspecified atom stereocenters. The summed E-state index contributed by atoms with van der Waals surface area (Å²) in [6.45, 7) is 9.38. The number of nitrogens with zero attached hydrogens (tertiary/aromatic N) is 3. The molecule has 0 aromatic carbocycles. The second kappa shape index (κ2) is 6.45. The van der Waals surface area contributed by atoms with Crippen LogP contribution in [0.3, 0.4) is 0 Å². The first-order chi connectivity index (χ1) is 9.88. The highest BCUT2D eigenvalue weighted by atomic mass is 16.5. The molecule has 1 fully saturated rings. The Morgan fingerprint density at radius 3 is 2.57 bits per heavy atom. The molecule has 6 nitrogen and oxygen atoms in total. The molecule has 0 amide bonds. The van der Waals surface area contributed by atoms with Crippen LogP contribution in [0.15, 0.2) is 0 Å². The molecule has 0 spiro atoms. The van der Waals surface area contributed by atoms with Gasteiger partial charge in [-0.1, -0.05) is 27.7 Å². The van der Waals surface area contributed by atoms with Gasteiger partial charge >= 0.3 is 12.0 Å². The molecule has 2 rings (SSSR count). The summed E-state index contributed by atoms with van der Waals surface area (Å²) < 4.78 is 11.3. The zero-order valence-electron chi connectivity index (χ0n) is 13.4. The molecular weight excluding hydrogens is 268 g/mol. The van der Waals surface area contributed by atoms with Crippen LogP contribution in [0.1, 0.15) is 53.4 Å². The topological polar surface area (TPSA) is 83.2 Å². The Balaban J connectivity index is 2.06. The van der Waals surface area contributed by atoms with Crippen LogP contribution in [-0.2, 0) is 0 Å². The first kappa shape index (κ1) is 15.8. The van der Waals surface area contributed by atoms with Gasteiger partial charge in [0.15, 0.2) is 0 Å². The van der Waals surface area contributed by atoms with Gasteiger partial charge in [-0.25, -0.2) is 0 Å². The van der Waals surface area contributed by atoms with Gasteiger partial charge in [0, 0.05) is 0 Å². The van der Waals surface area contributed by atoms with Crippen molar-refractivity contribution in [2.24, 2.45) is 11.3 Å². The average molecular weight is 294 g/mol. The predicted molar refractivity (Wildman–Crippen MR) is 81.2 cm³/mol. The van der Waals surface area contributed by atoms with Gasteiger partial charge in [-0.15, -0.1) is 4.98 Å². The molecule has 2 atom stereocenters. The highest BCUT2D eigenvalue weighted by Crippen LogP contribution is 2.39. The lowest BCUT2D eigenvalue weighted by Gasteiger charge is -2.38. The fraction of sp³-hybridized carbons (Fsp3) is 0.800. The molecule has 0 radical (unpaired) electrons. The van der Waals surface area contributed by atoms with Crippen LogP contribution in [0, 0.1) is 11.3 Å². The lowest BCUT2D eigenvalue weighted by atomic mass is 9.71. The van der Waals surface area contributed by atoms with Crippen LogP contribution in [-0.4, -0.2) is 27.7 Å². The molecular formula is C15H26N4O2. The van der Waals surface area contributed by atoms with Gasteiger partial charge in [-0.05, 0) is 37.0 Å². The fourth-order valence-electron chi connectivity index (χ4n) is 3.16. The zero-order valence-corrected chi connectivity index (χ0v) is 13.4. The number of nitrogens with two attached hydrogens (primary N) is 1. The normalized spacial score (nSPS) is 24.6. The molecule has 1 aliphatic rings. The van der Waals surface area contributed by atoms with Gasteiger partial charge in [0.05, 0.1) is 6.61 Å². The van der Waals surface area contributed by atoms with Gasteiger partial charge in [0.2, 0.25) is 5.95 Å². The van der Waals surface area contributed by atoms with Crippen molar-refractivity contribution in [3.05, 3.63) is 0 Å². The van der Waals surface area contributed by atoms with Crippen molar-refractivity contribution < 1.29 is 9.47 Å². The minimum absolute atomic E-state index is 0.115. The number of aromatic nitrogens is 3. The van der Waals surface area contributed by atoms with E-state index < -0.39 is 0 Å². The van der Waals surface area contributed by atoms with Gasteiger partial charge in [0.1, 0.15) is 6.10 Å². The number of anilines is 1. The Morgan fingerprint density at radius 2 is 1.90 bits per heavy atom. The summed E-state index contributed by atoms with van der Waals surface area (Å²) in [5, 5.41) is 0. The summed E-state index contributed by atoms with van der Waals surface area (Å²) in [6.07, 6.45) is 4.23. The quantitative estimate of drug-likeness (QED) is 0.899. The summed E-state index contributed by atoms with van der Waals surface area (Å²) >= 11 is 0. The van der Waals surface area contributed by atoms with E-state index in [2.05, 4.69) is 35.7 Å². The Labute approximate surface area is 126 Å². The molecule has 118 valence electrons. The van der Waals surface area contributed by atoms with Crippen molar-refractivity contribution in [3.63, 3.8) is 0 Å². The van der Waals surface area contributed by atoms with Gasteiger partial charge in [-0.2, -0.15) is 9.97 Å². The lowest BCUT2D eigenvalue weighted by molar-refractivity contribution is 0.0493. The van der Waals surface area contributed by atoms with Crippen LogP contribution in [0.5, 0.6) is 12.0 Å². The molecule has 1 aromatic heterocycles. The number of hydrogen-bond donors (Lipinski definition) is 1. The largest absolute Gasteiger partial charge is 0.463 e. The van der Waals surface area contributed by atoms with Crippen LogP contribution >= 0.6 is 0 Å². The summed E-state index contributed by atoms with van der Waals surface area (Å²) in [6, 6.07) is 0.506. The van der Waals surface area contributed by atoms with E-state index >= 15 is 0 Å². The van der Waals surface area contributed by atoms with Crippen molar-refractivity contribution >= 4 is 5.95 Å². The van der Waals surface area contributed by atoms with Crippen LogP contribution < -0.4 is 15.2 Å². The summed E-state index contributed by atoms with van der Waals surface area (Å²) in [5.74, 6) is 0.767. The predicted octanol–water partition coefficient (Wildman–Crippen LogP) is 2.84. The zero-order chi connectivity index (χ0) is 15.5. The molecule has 6 heteroatoms. The summed E-state index contributed by atoms with van der Waals surface area (Å²) in [5.41, 5.74) is 5.97. The molecule has 0 aliphatic heterocycles. The van der Waals surface area contributed by atoms with Gasteiger partial charge in [-0.3, -0.25) is 0 Å². The van der Waals surface area contributed by atoms with E-state index in [1.54, 1.807) is 0 Å². The molecule has 1 heterocycles.